The maximum Gasteiger partial charge on any atom is 0.255 e. The molecule has 0 bridgehead atoms. The minimum Gasteiger partial charge on any atom is -0.348 e. The van der Waals surface area contributed by atoms with Crippen LogP contribution in [-0.2, 0) is 10.0 Å². The van der Waals surface area contributed by atoms with Crippen molar-refractivity contribution in [2.24, 2.45) is 0 Å². The van der Waals surface area contributed by atoms with Gasteiger partial charge in [-0.05, 0) is 18.6 Å². The lowest BCUT2D eigenvalue weighted by atomic mass is 10.2. The molecule has 0 aromatic carbocycles. The van der Waals surface area contributed by atoms with Crippen LogP contribution in [-0.4, -0.2) is 53.6 Å². The highest BCUT2D eigenvalue weighted by molar-refractivity contribution is 7.88. The fourth-order valence-corrected chi connectivity index (χ4v) is 3.73. The quantitative estimate of drug-likeness (QED) is 0.892. The highest BCUT2D eigenvalue weighted by Crippen LogP contribution is 2.21. The molecule has 1 unspecified atom stereocenters. The molecule has 1 atom stereocenters. The summed E-state index contributed by atoms with van der Waals surface area (Å²) in [5.74, 6) is -0.302. The average molecular weight is 343 g/mol. The van der Waals surface area contributed by atoms with E-state index >= 15 is 0 Å². The van der Waals surface area contributed by atoms with Crippen LogP contribution in [0.3, 0.4) is 0 Å². The number of halogens is 1. The smallest absolute Gasteiger partial charge is 0.255 e. The predicted octanol–water partition coefficient (Wildman–Crippen LogP) is 0.751. The molecule has 118 valence electrons. The fraction of sp³-hybridized carbons (Fsp3) is 0.385. The summed E-state index contributed by atoms with van der Waals surface area (Å²) >= 11 is 6.12. The number of carbonyl (C=O) groups excluding carboxylic acids is 1. The van der Waals surface area contributed by atoms with Crippen LogP contribution in [0.1, 0.15) is 16.8 Å². The molecule has 1 aliphatic heterocycles. The Morgan fingerprint density at radius 1 is 1.50 bits per heavy atom. The van der Waals surface area contributed by atoms with E-state index in [4.69, 9.17) is 11.6 Å². The van der Waals surface area contributed by atoms with Crippen LogP contribution >= 0.6 is 11.6 Å². The zero-order valence-electron chi connectivity index (χ0n) is 11.9. The fourth-order valence-electron chi connectivity index (χ4n) is 2.58. The van der Waals surface area contributed by atoms with Crippen molar-refractivity contribution in [3.63, 3.8) is 0 Å². The molecule has 9 heteroatoms. The van der Waals surface area contributed by atoms with E-state index in [2.05, 4.69) is 10.4 Å². The molecule has 0 spiro atoms. The van der Waals surface area contributed by atoms with Gasteiger partial charge in [-0.15, -0.1) is 0 Å². The summed E-state index contributed by atoms with van der Waals surface area (Å²) in [5, 5.41) is 7.38. The number of hydrogen-bond donors (Lipinski definition) is 1. The third-order valence-corrected chi connectivity index (χ3v) is 5.27. The highest BCUT2D eigenvalue weighted by atomic mass is 35.5. The topological polar surface area (TPSA) is 83.8 Å². The Morgan fingerprint density at radius 2 is 2.27 bits per heavy atom. The second-order valence-corrected chi connectivity index (χ2v) is 7.68. The zero-order valence-corrected chi connectivity index (χ0v) is 13.4. The van der Waals surface area contributed by atoms with Crippen LogP contribution in [0.5, 0.6) is 0 Å². The van der Waals surface area contributed by atoms with Crippen LogP contribution in [0, 0.1) is 0 Å². The van der Waals surface area contributed by atoms with Crippen LogP contribution < -0.4 is 5.32 Å². The standard InChI is InChI=1S/C13H15ClN4O3S/c1-22(20,21)17-6-4-9(8-17)16-13(19)10-7-15-18-5-2-3-11(14)12(10)18/h2-3,5,7,9H,4,6,8H2,1H3,(H,16,19). The Kier molecular flexibility index (Phi) is 3.84. The van der Waals surface area contributed by atoms with Crippen LogP contribution in [0.4, 0.5) is 0 Å². The Labute approximate surface area is 132 Å². The number of rotatable bonds is 3. The molecular formula is C13H15ClN4O3S. The normalized spacial score (nSPS) is 19.6. The SMILES string of the molecule is CS(=O)(=O)N1CCC(NC(=O)c2cnn3cccc(Cl)c23)C1. The number of aromatic nitrogens is 2. The summed E-state index contributed by atoms with van der Waals surface area (Å²) in [6.07, 6.45) is 4.92. The van der Waals surface area contributed by atoms with E-state index in [9.17, 15) is 13.2 Å². The second-order valence-electron chi connectivity index (χ2n) is 5.29. The van der Waals surface area contributed by atoms with Crippen LogP contribution in [0.2, 0.25) is 5.02 Å². The van der Waals surface area contributed by atoms with Gasteiger partial charge < -0.3 is 5.32 Å². The third kappa shape index (κ3) is 2.81. The van der Waals surface area contributed by atoms with E-state index in [0.29, 0.717) is 29.1 Å². The second kappa shape index (κ2) is 5.53. The minimum atomic E-state index is -3.22. The van der Waals surface area contributed by atoms with Crippen molar-refractivity contribution in [1.82, 2.24) is 19.2 Å². The van der Waals surface area contributed by atoms with E-state index in [1.807, 2.05) is 0 Å². The van der Waals surface area contributed by atoms with Crippen molar-refractivity contribution in [1.29, 1.82) is 0 Å². The molecule has 0 radical (unpaired) electrons. The van der Waals surface area contributed by atoms with Gasteiger partial charge in [-0.2, -0.15) is 5.10 Å². The largest absolute Gasteiger partial charge is 0.348 e. The molecule has 22 heavy (non-hydrogen) atoms. The van der Waals surface area contributed by atoms with Gasteiger partial charge in [0.05, 0.1) is 28.6 Å². The van der Waals surface area contributed by atoms with Gasteiger partial charge in [0.15, 0.2) is 0 Å². The Hall–Kier alpha value is -1.64. The minimum absolute atomic E-state index is 0.209. The maximum absolute atomic E-state index is 12.4. The summed E-state index contributed by atoms with van der Waals surface area (Å²) in [5.41, 5.74) is 0.919. The van der Waals surface area contributed by atoms with Gasteiger partial charge in [-0.3, -0.25) is 4.79 Å². The van der Waals surface area contributed by atoms with Gasteiger partial charge in [0, 0.05) is 25.3 Å². The molecule has 1 N–H and O–H groups in total. The molecule has 0 saturated carbocycles. The first-order valence-electron chi connectivity index (χ1n) is 6.74. The molecule has 3 heterocycles. The number of pyridine rings is 1. The lowest BCUT2D eigenvalue weighted by molar-refractivity contribution is 0.0940. The van der Waals surface area contributed by atoms with Crippen molar-refractivity contribution in [2.75, 3.05) is 19.3 Å². The molecule has 1 amide bonds. The zero-order chi connectivity index (χ0) is 15.9. The summed E-state index contributed by atoms with van der Waals surface area (Å²) in [4.78, 5) is 12.4. The van der Waals surface area contributed by atoms with Crippen LogP contribution in [0.25, 0.3) is 5.52 Å². The maximum atomic E-state index is 12.4. The van der Waals surface area contributed by atoms with Crippen molar-refractivity contribution in [3.05, 3.63) is 35.1 Å². The van der Waals surface area contributed by atoms with E-state index in [1.165, 1.54) is 21.3 Å². The molecule has 7 nitrogen and oxygen atoms in total. The number of fused-ring (bicyclic) bond motifs is 1. The summed E-state index contributed by atoms with van der Waals surface area (Å²) < 4.78 is 25.9. The highest BCUT2D eigenvalue weighted by Gasteiger charge is 2.30. The lowest BCUT2D eigenvalue weighted by Crippen LogP contribution is -2.38. The average Bonchev–Trinajstić information content (AvgIpc) is 3.05. The first-order valence-corrected chi connectivity index (χ1v) is 8.97. The molecule has 2 aromatic heterocycles. The number of hydrogen-bond acceptors (Lipinski definition) is 4. The van der Waals surface area contributed by atoms with Crippen molar-refractivity contribution in [2.45, 2.75) is 12.5 Å². The van der Waals surface area contributed by atoms with Crippen LogP contribution in [0.15, 0.2) is 24.5 Å². The van der Waals surface area contributed by atoms with E-state index in [0.717, 1.165) is 0 Å². The Bertz CT molecular complexity index is 833. The van der Waals surface area contributed by atoms with Gasteiger partial charge in [0.2, 0.25) is 10.0 Å². The number of carbonyl (C=O) groups is 1. The molecule has 1 saturated heterocycles. The van der Waals surface area contributed by atoms with E-state index < -0.39 is 10.0 Å². The first kappa shape index (κ1) is 15.3. The van der Waals surface area contributed by atoms with E-state index in [1.54, 1.807) is 18.3 Å². The molecule has 2 aromatic rings. The molecule has 1 fully saturated rings. The lowest BCUT2D eigenvalue weighted by Gasteiger charge is -2.14. The number of nitrogens with one attached hydrogen (secondary N) is 1. The van der Waals surface area contributed by atoms with Gasteiger partial charge in [0.1, 0.15) is 0 Å². The van der Waals surface area contributed by atoms with Gasteiger partial charge in [-0.1, -0.05) is 11.6 Å². The van der Waals surface area contributed by atoms with Crippen molar-refractivity contribution >= 4 is 33.0 Å². The van der Waals surface area contributed by atoms with E-state index in [-0.39, 0.29) is 18.5 Å². The molecule has 3 rings (SSSR count). The Morgan fingerprint density at radius 3 is 2.95 bits per heavy atom. The summed E-state index contributed by atoms with van der Waals surface area (Å²) in [6, 6.07) is 3.22. The van der Waals surface area contributed by atoms with Gasteiger partial charge in [-0.25, -0.2) is 17.2 Å². The molecular weight excluding hydrogens is 328 g/mol. The summed E-state index contributed by atoms with van der Waals surface area (Å²) in [7, 11) is -3.22. The van der Waals surface area contributed by atoms with Gasteiger partial charge in [0.25, 0.3) is 5.91 Å². The number of sulfonamides is 1. The third-order valence-electron chi connectivity index (χ3n) is 3.69. The Balaban J connectivity index is 1.78. The van der Waals surface area contributed by atoms with Gasteiger partial charge >= 0.3 is 0 Å². The number of nitrogens with zero attached hydrogens (tertiary/aromatic N) is 3. The van der Waals surface area contributed by atoms with Crippen molar-refractivity contribution < 1.29 is 13.2 Å². The first-order chi connectivity index (χ1) is 10.4. The monoisotopic (exact) mass is 342 g/mol. The summed E-state index contributed by atoms with van der Waals surface area (Å²) in [6.45, 7) is 0.705. The predicted molar refractivity (Wildman–Crippen MR) is 82.5 cm³/mol. The van der Waals surface area contributed by atoms with Crippen molar-refractivity contribution in [3.8, 4) is 0 Å². The molecule has 0 aliphatic carbocycles. The molecule has 1 aliphatic rings. The number of amides is 1.